The predicted octanol–water partition coefficient (Wildman–Crippen LogP) is 5.09. The number of aryl methyl sites for hydroxylation is 1. The van der Waals surface area contributed by atoms with E-state index in [1.165, 1.54) is 0 Å². The van der Waals surface area contributed by atoms with Crippen molar-refractivity contribution >= 4 is 11.6 Å². The van der Waals surface area contributed by atoms with Gasteiger partial charge in [-0.15, -0.1) is 0 Å². The summed E-state index contributed by atoms with van der Waals surface area (Å²) >= 11 is 6.16. The number of hydrogen-bond donors (Lipinski definition) is 0. The molecule has 2 rings (SSSR count). The Morgan fingerprint density at radius 3 is 2.43 bits per heavy atom. The van der Waals surface area contributed by atoms with Crippen molar-refractivity contribution in [2.45, 2.75) is 46.5 Å². The Balaban J connectivity index is 2.46. The fourth-order valence-electron chi connectivity index (χ4n) is 2.05. The number of aromatic nitrogens is 2. The number of para-hydroxylation sites is 1. The minimum Gasteiger partial charge on any atom is -0.438 e. The van der Waals surface area contributed by atoms with Crippen LogP contribution >= 0.6 is 11.6 Å². The summed E-state index contributed by atoms with van der Waals surface area (Å²) in [5, 5.41) is 0.449. The SMILES string of the molecule is CCc1nc(Cl)c(C)c(Oc2ccccc2C(C)(C)C)n1. The van der Waals surface area contributed by atoms with Crippen molar-refractivity contribution in [2.75, 3.05) is 0 Å². The van der Waals surface area contributed by atoms with Gasteiger partial charge in [-0.25, -0.2) is 4.98 Å². The molecule has 1 aromatic carbocycles. The zero-order valence-corrected chi connectivity index (χ0v) is 14.0. The molecule has 3 nitrogen and oxygen atoms in total. The van der Waals surface area contributed by atoms with Crippen molar-refractivity contribution in [3.63, 3.8) is 0 Å². The van der Waals surface area contributed by atoms with E-state index in [9.17, 15) is 0 Å². The molecule has 0 aliphatic heterocycles. The van der Waals surface area contributed by atoms with Crippen LogP contribution in [0, 0.1) is 6.92 Å². The lowest BCUT2D eigenvalue weighted by molar-refractivity contribution is 0.433. The minimum absolute atomic E-state index is 0.00505. The van der Waals surface area contributed by atoms with E-state index in [1.54, 1.807) is 0 Å². The molecule has 21 heavy (non-hydrogen) atoms. The molecule has 0 bridgehead atoms. The molecule has 0 fully saturated rings. The Bertz CT molecular complexity index is 648. The second-order valence-electron chi connectivity index (χ2n) is 6.06. The van der Waals surface area contributed by atoms with E-state index in [2.05, 4.69) is 36.8 Å². The largest absolute Gasteiger partial charge is 0.438 e. The molecule has 0 amide bonds. The molecule has 0 atom stereocenters. The number of halogens is 1. The lowest BCUT2D eigenvalue weighted by atomic mass is 9.86. The third kappa shape index (κ3) is 3.53. The van der Waals surface area contributed by atoms with Gasteiger partial charge in [-0.05, 0) is 18.4 Å². The highest BCUT2D eigenvalue weighted by molar-refractivity contribution is 6.30. The maximum Gasteiger partial charge on any atom is 0.227 e. The van der Waals surface area contributed by atoms with Gasteiger partial charge in [-0.1, -0.05) is 57.5 Å². The van der Waals surface area contributed by atoms with Crippen molar-refractivity contribution < 1.29 is 4.74 Å². The summed E-state index contributed by atoms with van der Waals surface area (Å²) in [6, 6.07) is 8.02. The van der Waals surface area contributed by atoms with Crippen LogP contribution in [-0.4, -0.2) is 9.97 Å². The van der Waals surface area contributed by atoms with E-state index in [0.717, 1.165) is 23.3 Å². The van der Waals surface area contributed by atoms with Crippen LogP contribution in [-0.2, 0) is 11.8 Å². The molecule has 0 N–H and O–H groups in total. The number of hydrogen-bond acceptors (Lipinski definition) is 3. The summed E-state index contributed by atoms with van der Waals surface area (Å²) in [5.74, 6) is 2.03. The quantitative estimate of drug-likeness (QED) is 0.741. The highest BCUT2D eigenvalue weighted by Crippen LogP contribution is 2.35. The first-order valence-electron chi connectivity index (χ1n) is 7.13. The highest BCUT2D eigenvalue weighted by atomic mass is 35.5. The van der Waals surface area contributed by atoms with Crippen LogP contribution in [0.1, 0.15) is 44.6 Å². The van der Waals surface area contributed by atoms with Crippen LogP contribution in [0.2, 0.25) is 5.15 Å². The summed E-state index contributed by atoms with van der Waals surface area (Å²) in [6.07, 6.45) is 0.720. The third-order valence-electron chi connectivity index (χ3n) is 3.31. The summed E-state index contributed by atoms with van der Waals surface area (Å²) in [6.45, 7) is 10.3. The number of ether oxygens (including phenoxy) is 1. The first-order valence-corrected chi connectivity index (χ1v) is 7.51. The van der Waals surface area contributed by atoms with E-state index in [-0.39, 0.29) is 5.41 Å². The van der Waals surface area contributed by atoms with Crippen LogP contribution in [0.4, 0.5) is 0 Å². The molecular weight excluding hydrogens is 284 g/mol. The Morgan fingerprint density at radius 2 is 1.81 bits per heavy atom. The van der Waals surface area contributed by atoms with Gasteiger partial charge in [-0.3, -0.25) is 0 Å². The van der Waals surface area contributed by atoms with Crippen LogP contribution in [0.15, 0.2) is 24.3 Å². The number of nitrogens with zero attached hydrogens (tertiary/aromatic N) is 2. The maximum absolute atomic E-state index is 6.16. The predicted molar refractivity (Wildman–Crippen MR) is 86.4 cm³/mol. The second kappa shape index (κ2) is 6.02. The molecule has 0 aliphatic carbocycles. The van der Waals surface area contributed by atoms with Crippen molar-refractivity contribution in [1.82, 2.24) is 9.97 Å². The van der Waals surface area contributed by atoms with Crippen LogP contribution in [0.3, 0.4) is 0 Å². The maximum atomic E-state index is 6.16. The van der Waals surface area contributed by atoms with Crippen molar-refractivity contribution in [3.05, 3.63) is 46.4 Å². The average molecular weight is 305 g/mol. The van der Waals surface area contributed by atoms with Gasteiger partial charge in [0.1, 0.15) is 16.7 Å². The molecule has 0 spiro atoms. The lowest BCUT2D eigenvalue weighted by Gasteiger charge is -2.22. The number of rotatable bonds is 3. The molecule has 0 unspecified atom stereocenters. The molecule has 1 aromatic heterocycles. The fraction of sp³-hybridized carbons (Fsp3) is 0.412. The summed E-state index contributed by atoms with van der Waals surface area (Å²) in [4.78, 5) is 8.69. The molecule has 112 valence electrons. The van der Waals surface area contributed by atoms with Gasteiger partial charge in [0.15, 0.2) is 0 Å². The van der Waals surface area contributed by atoms with E-state index >= 15 is 0 Å². The topological polar surface area (TPSA) is 35.0 Å². The van der Waals surface area contributed by atoms with E-state index < -0.39 is 0 Å². The third-order valence-corrected chi connectivity index (χ3v) is 3.67. The first kappa shape index (κ1) is 15.8. The zero-order chi connectivity index (χ0) is 15.6. The smallest absolute Gasteiger partial charge is 0.227 e. The van der Waals surface area contributed by atoms with E-state index in [1.807, 2.05) is 32.0 Å². The van der Waals surface area contributed by atoms with E-state index in [4.69, 9.17) is 16.3 Å². The van der Waals surface area contributed by atoms with Gasteiger partial charge in [0.05, 0.1) is 0 Å². The molecule has 0 saturated carbocycles. The highest BCUT2D eigenvalue weighted by Gasteiger charge is 2.20. The minimum atomic E-state index is -0.00505. The summed E-state index contributed by atoms with van der Waals surface area (Å²) < 4.78 is 6.05. The first-order chi connectivity index (χ1) is 9.82. The molecule has 0 aliphatic rings. The fourth-order valence-corrected chi connectivity index (χ4v) is 2.23. The van der Waals surface area contributed by atoms with Crippen LogP contribution in [0.25, 0.3) is 0 Å². The average Bonchev–Trinajstić information content (AvgIpc) is 2.43. The Kier molecular flexibility index (Phi) is 4.52. The van der Waals surface area contributed by atoms with Crippen molar-refractivity contribution in [2.24, 2.45) is 0 Å². The molecule has 4 heteroatoms. The molecular formula is C17H21ClN2O. The van der Waals surface area contributed by atoms with Crippen LogP contribution < -0.4 is 4.74 Å². The Hall–Kier alpha value is -1.61. The second-order valence-corrected chi connectivity index (χ2v) is 6.42. The summed E-state index contributed by atoms with van der Waals surface area (Å²) in [7, 11) is 0. The molecule has 2 aromatic rings. The van der Waals surface area contributed by atoms with Gasteiger partial charge < -0.3 is 4.74 Å². The standard InChI is InChI=1S/C17H21ClN2O/c1-6-14-19-15(18)11(2)16(20-14)21-13-10-8-7-9-12(13)17(3,4)5/h7-10H,6H2,1-5H3. The van der Waals surface area contributed by atoms with Gasteiger partial charge in [0.25, 0.3) is 0 Å². The van der Waals surface area contributed by atoms with Gasteiger partial charge in [0.2, 0.25) is 5.88 Å². The van der Waals surface area contributed by atoms with E-state index in [0.29, 0.717) is 16.9 Å². The Morgan fingerprint density at radius 1 is 1.14 bits per heavy atom. The lowest BCUT2D eigenvalue weighted by Crippen LogP contribution is -2.12. The zero-order valence-electron chi connectivity index (χ0n) is 13.2. The molecule has 0 saturated heterocycles. The van der Waals surface area contributed by atoms with Gasteiger partial charge in [-0.2, -0.15) is 4.98 Å². The molecule has 0 radical (unpaired) electrons. The number of benzene rings is 1. The molecule has 1 heterocycles. The van der Waals surface area contributed by atoms with Crippen molar-refractivity contribution in [3.8, 4) is 11.6 Å². The normalized spacial score (nSPS) is 11.5. The summed E-state index contributed by atoms with van der Waals surface area (Å²) in [5.41, 5.74) is 1.89. The Labute approximate surface area is 131 Å². The van der Waals surface area contributed by atoms with Crippen LogP contribution in [0.5, 0.6) is 11.6 Å². The van der Waals surface area contributed by atoms with Gasteiger partial charge in [0, 0.05) is 17.5 Å². The monoisotopic (exact) mass is 304 g/mol. The van der Waals surface area contributed by atoms with Crippen molar-refractivity contribution in [1.29, 1.82) is 0 Å². The van der Waals surface area contributed by atoms with Gasteiger partial charge >= 0.3 is 0 Å².